The van der Waals surface area contributed by atoms with Crippen LogP contribution in [0.25, 0.3) is 0 Å². The number of aliphatic hydroxyl groups excluding tert-OH is 5. The van der Waals surface area contributed by atoms with Gasteiger partial charge >= 0.3 is 5.97 Å². The van der Waals surface area contributed by atoms with Crippen molar-refractivity contribution in [2.45, 2.75) is 69.1 Å². The summed E-state index contributed by atoms with van der Waals surface area (Å²) in [5, 5.41) is 64.2. The third kappa shape index (κ3) is 21.3. The van der Waals surface area contributed by atoms with Gasteiger partial charge in [-0.15, -0.1) is 0 Å². The molecule has 9 N–H and O–H groups in total. The molecule has 0 aliphatic carbocycles. The van der Waals surface area contributed by atoms with Gasteiger partial charge < -0.3 is 65.5 Å². The minimum atomic E-state index is -1.88. The first-order valence-electron chi connectivity index (χ1n) is 14.7. The van der Waals surface area contributed by atoms with Gasteiger partial charge in [-0.3, -0.25) is 14.4 Å². The van der Waals surface area contributed by atoms with Crippen LogP contribution in [0.5, 0.6) is 0 Å². The predicted octanol–water partition coefficient (Wildman–Crippen LogP) is -3.40. The van der Waals surface area contributed by atoms with Gasteiger partial charge in [0.15, 0.2) is 0 Å². The van der Waals surface area contributed by atoms with Crippen LogP contribution in [0.2, 0.25) is 0 Å². The number of hydrogen-bond donors (Lipinski definition) is 9. The fourth-order valence-electron chi connectivity index (χ4n) is 3.49. The smallest absolute Gasteiger partial charge is 0.327 e. The number of rotatable bonds is 29. The van der Waals surface area contributed by atoms with Crippen LogP contribution in [0.1, 0.15) is 32.6 Å². The second-order valence-corrected chi connectivity index (χ2v) is 10.7. The lowest BCUT2D eigenvalue weighted by Gasteiger charge is -2.25. The summed E-state index contributed by atoms with van der Waals surface area (Å²) < 4.78 is 21.4. The second kappa shape index (κ2) is 27.0. The first kappa shape index (κ1) is 42.9. The molecule has 45 heavy (non-hydrogen) atoms. The van der Waals surface area contributed by atoms with Gasteiger partial charge in [0.1, 0.15) is 30.4 Å². The number of carbonyl (C=O) groups is 4. The summed E-state index contributed by atoms with van der Waals surface area (Å²) in [5.74, 6) is -3.30. The number of carbonyl (C=O) groups excluding carboxylic acids is 3. The number of carboxylic acid groups (broad SMARTS) is 1. The van der Waals surface area contributed by atoms with Crippen molar-refractivity contribution in [3.8, 4) is 0 Å². The zero-order chi connectivity index (χ0) is 34.0. The van der Waals surface area contributed by atoms with Gasteiger partial charge in [-0.05, 0) is 19.1 Å². The molecular weight excluding hydrogens is 622 g/mol. The monoisotopic (exact) mass is 673 g/mol. The molecule has 17 nitrogen and oxygen atoms in total. The van der Waals surface area contributed by atoms with E-state index in [-0.39, 0.29) is 44.8 Å². The van der Waals surface area contributed by atoms with E-state index < -0.39 is 73.3 Å². The van der Waals surface area contributed by atoms with Gasteiger partial charge in [-0.2, -0.15) is 11.8 Å². The van der Waals surface area contributed by atoms with E-state index in [9.17, 15) is 44.7 Å². The highest BCUT2D eigenvalue weighted by molar-refractivity contribution is 7.98. The third-order valence-electron chi connectivity index (χ3n) is 6.03. The van der Waals surface area contributed by atoms with E-state index in [1.807, 2.05) is 6.92 Å². The van der Waals surface area contributed by atoms with Crippen molar-refractivity contribution in [2.75, 3.05) is 78.0 Å². The molecule has 18 heteroatoms. The molecule has 0 radical (unpaired) electrons. The van der Waals surface area contributed by atoms with Crippen molar-refractivity contribution < 1.29 is 68.8 Å². The number of ether oxygens (including phenoxy) is 4. The molecule has 0 aliphatic rings. The van der Waals surface area contributed by atoms with Crippen molar-refractivity contribution >= 4 is 35.5 Å². The number of aliphatic carboxylic acids is 1. The van der Waals surface area contributed by atoms with Gasteiger partial charge in [0.25, 0.3) is 0 Å². The topological polar surface area (TPSA) is 263 Å². The molecule has 0 aromatic heterocycles. The molecule has 264 valence electrons. The van der Waals surface area contributed by atoms with Gasteiger partial charge in [0.05, 0.1) is 59.0 Å². The Morgan fingerprint density at radius 1 is 0.711 bits per heavy atom. The largest absolute Gasteiger partial charge is 0.480 e. The highest BCUT2D eigenvalue weighted by Gasteiger charge is 2.31. The lowest BCUT2D eigenvalue weighted by molar-refractivity contribution is -0.141. The van der Waals surface area contributed by atoms with Crippen LogP contribution in [0, 0.1) is 0 Å². The van der Waals surface area contributed by atoms with Crippen LogP contribution in [0.4, 0.5) is 0 Å². The van der Waals surface area contributed by atoms with Crippen molar-refractivity contribution in [1.29, 1.82) is 0 Å². The molecule has 3 amide bonds. The van der Waals surface area contributed by atoms with E-state index in [1.165, 1.54) is 11.8 Å². The number of thioether (sulfide) groups is 1. The van der Waals surface area contributed by atoms with E-state index in [4.69, 9.17) is 24.1 Å². The summed E-state index contributed by atoms with van der Waals surface area (Å²) in [6.45, 7) is 3.58. The van der Waals surface area contributed by atoms with Crippen LogP contribution in [-0.4, -0.2) is 169 Å². The standard InChI is InChI=1S/C27H51N3O14S/c1-3-7-41-9-11-43-13-14-44-12-10-42-8-6-23(35)29-18(26(38)30-19(17-45-2)27(39)40)4-5-22(34)28-15-20(32)24(36)25(37)21(33)16-31/h18-21,24-25,31-33,36-37H,3-17H2,1-2H3,(H,28,34)(H,29,35)(H,30,38)(H,39,40)/t18-,19-,20+,21-,24-,25-/m1/s1. The van der Waals surface area contributed by atoms with Crippen LogP contribution in [0.3, 0.4) is 0 Å². The number of nitrogens with one attached hydrogen (secondary N) is 3. The molecule has 0 saturated heterocycles. The molecule has 0 rings (SSSR count). The van der Waals surface area contributed by atoms with Crippen molar-refractivity contribution in [1.82, 2.24) is 16.0 Å². The molecule has 0 aliphatic heterocycles. The molecule has 0 heterocycles. The molecule has 0 saturated carbocycles. The van der Waals surface area contributed by atoms with Gasteiger partial charge in [0, 0.05) is 31.7 Å². The minimum Gasteiger partial charge on any atom is -0.480 e. The van der Waals surface area contributed by atoms with Crippen molar-refractivity contribution in [3.63, 3.8) is 0 Å². The summed E-state index contributed by atoms with van der Waals surface area (Å²) in [7, 11) is 0. The van der Waals surface area contributed by atoms with Gasteiger partial charge in [-0.1, -0.05) is 6.92 Å². The molecule has 0 aromatic carbocycles. The normalized spacial score (nSPS) is 15.4. The Kier molecular flexibility index (Phi) is 25.7. The lowest BCUT2D eigenvalue weighted by Crippen LogP contribution is -2.53. The lowest BCUT2D eigenvalue weighted by atomic mass is 10.0. The summed E-state index contributed by atoms with van der Waals surface area (Å²) >= 11 is 1.19. The molecule has 0 aromatic rings. The summed E-state index contributed by atoms with van der Waals surface area (Å²) in [6, 6.07) is -2.51. The fraction of sp³-hybridized carbons (Fsp3) is 0.852. The Bertz CT molecular complexity index is 828. The molecule has 0 fully saturated rings. The number of aliphatic hydroxyl groups is 5. The molecule has 0 bridgehead atoms. The van der Waals surface area contributed by atoms with Crippen LogP contribution in [0.15, 0.2) is 0 Å². The predicted molar refractivity (Wildman–Crippen MR) is 161 cm³/mol. The number of carboxylic acids is 1. The average Bonchev–Trinajstić information content (AvgIpc) is 3.02. The first-order chi connectivity index (χ1) is 21.5. The Labute approximate surface area is 267 Å². The number of amides is 3. The molecule has 0 unspecified atom stereocenters. The van der Waals surface area contributed by atoms with Crippen molar-refractivity contribution in [2.24, 2.45) is 0 Å². The Morgan fingerprint density at radius 3 is 1.76 bits per heavy atom. The van der Waals surface area contributed by atoms with Gasteiger partial charge in [0.2, 0.25) is 17.7 Å². The van der Waals surface area contributed by atoms with E-state index >= 15 is 0 Å². The maximum Gasteiger partial charge on any atom is 0.327 e. The molecule has 0 spiro atoms. The maximum absolute atomic E-state index is 12.9. The summed E-state index contributed by atoms with van der Waals surface area (Å²) in [5.41, 5.74) is 0. The average molecular weight is 674 g/mol. The van der Waals surface area contributed by atoms with E-state index in [0.29, 0.717) is 33.0 Å². The highest BCUT2D eigenvalue weighted by Crippen LogP contribution is 2.06. The van der Waals surface area contributed by atoms with Crippen LogP contribution < -0.4 is 16.0 Å². The van der Waals surface area contributed by atoms with Crippen LogP contribution >= 0.6 is 11.8 Å². The molecular formula is C27H51N3O14S. The zero-order valence-corrected chi connectivity index (χ0v) is 26.7. The SMILES string of the molecule is CCCOCCOCCOCCOCCC(=O)N[C@H](CCC(=O)NC[C@H](O)[C@@H](O)[C@H](O)[C@H](O)CO)C(=O)N[C@H](CSC)C(=O)O. The second-order valence-electron chi connectivity index (χ2n) is 9.82. The summed E-state index contributed by atoms with van der Waals surface area (Å²) in [6.07, 6.45) is -5.25. The maximum atomic E-state index is 12.9. The van der Waals surface area contributed by atoms with E-state index in [1.54, 1.807) is 6.26 Å². The highest BCUT2D eigenvalue weighted by atomic mass is 32.2. The van der Waals surface area contributed by atoms with E-state index in [0.717, 1.165) is 6.42 Å². The Morgan fingerprint density at radius 2 is 1.24 bits per heavy atom. The van der Waals surface area contributed by atoms with E-state index in [2.05, 4.69) is 16.0 Å². The minimum absolute atomic E-state index is 0.0105. The number of hydrogen-bond acceptors (Lipinski definition) is 14. The first-order valence-corrected chi connectivity index (χ1v) is 16.1. The van der Waals surface area contributed by atoms with Gasteiger partial charge in [-0.25, -0.2) is 4.79 Å². The summed E-state index contributed by atoms with van der Waals surface area (Å²) in [4.78, 5) is 49.2. The fourth-order valence-corrected chi connectivity index (χ4v) is 4.05. The quantitative estimate of drug-likeness (QED) is 0.0351. The Balaban J connectivity index is 4.71. The zero-order valence-electron chi connectivity index (χ0n) is 25.9. The van der Waals surface area contributed by atoms with Crippen molar-refractivity contribution in [3.05, 3.63) is 0 Å². The molecule has 6 atom stereocenters. The van der Waals surface area contributed by atoms with Crippen LogP contribution in [-0.2, 0) is 38.1 Å². The Hall–Kier alpha value is -2.13. The third-order valence-corrected chi connectivity index (χ3v) is 6.70.